The molecule has 0 aliphatic heterocycles. The van der Waals surface area contributed by atoms with Gasteiger partial charge in [0.2, 0.25) is 0 Å². The SMILES string of the molecule is N#Cc1nn(Cc2ccc(Cl)cc2Cl)c2ncn3c(C=O)cnc3c12. The fraction of sp³-hybridized carbons (Fsp3) is 0.0625. The molecule has 0 aliphatic carbocycles. The first-order chi connectivity index (χ1) is 12.1. The summed E-state index contributed by atoms with van der Waals surface area (Å²) in [5.41, 5.74) is 2.26. The fourth-order valence-corrected chi connectivity index (χ4v) is 3.14. The van der Waals surface area contributed by atoms with Crippen molar-refractivity contribution in [1.82, 2.24) is 24.1 Å². The maximum atomic E-state index is 11.1. The van der Waals surface area contributed by atoms with Gasteiger partial charge in [0.05, 0.1) is 12.7 Å². The minimum atomic E-state index is 0.182. The number of nitrogens with zero attached hydrogens (tertiary/aromatic N) is 6. The Morgan fingerprint density at radius 1 is 1.24 bits per heavy atom. The van der Waals surface area contributed by atoms with E-state index >= 15 is 0 Å². The quantitative estimate of drug-likeness (QED) is 0.516. The number of aromatic nitrogens is 5. The number of hydrogen-bond donors (Lipinski definition) is 0. The van der Waals surface area contributed by atoms with Crippen LogP contribution < -0.4 is 0 Å². The van der Waals surface area contributed by atoms with Crippen LogP contribution in [0, 0.1) is 11.3 Å². The Morgan fingerprint density at radius 3 is 2.80 bits per heavy atom. The lowest BCUT2D eigenvalue weighted by molar-refractivity contribution is 0.111. The van der Waals surface area contributed by atoms with Crippen LogP contribution in [0.3, 0.4) is 0 Å². The zero-order valence-corrected chi connectivity index (χ0v) is 14.0. The van der Waals surface area contributed by atoms with E-state index in [0.29, 0.717) is 45.3 Å². The normalized spacial score (nSPS) is 11.1. The van der Waals surface area contributed by atoms with Crippen LogP contribution in [0.1, 0.15) is 21.7 Å². The molecule has 122 valence electrons. The summed E-state index contributed by atoms with van der Waals surface area (Å²) < 4.78 is 3.11. The number of nitriles is 1. The molecule has 9 heteroatoms. The first-order valence-electron chi connectivity index (χ1n) is 7.14. The topological polar surface area (TPSA) is 88.9 Å². The Morgan fingerprint density at radius 2 is 2.08 bits per heavy atom. The number of rotatable bonds is 3. The molecule has 0 saturated carbocycles. The monoisotopic (exact) mass is 370 g/mol. The van der Waals surface area contributed by atoms with Crippen LogP contribution in [0.2, 0.25) is 10.0 Å². The van der Waals surface area contributed by atoms with Crippen molar-refractivity contribution < 1.29 is 4.79 Å². The summed E-state index contributed by atoms with van der Waals surface area (Å²) in [6.45, 7) is 0.318. The summed E-state index contributed by atoms with van der Waals surface area (Å²) in [6, 6.07) is 7.22. The van der Waals surface area contributed by atoms with Crippen LogP contribution >= 0.6 is 23.2 Å². The van der Waals surface area contributed by atoms with E-state index in [9.17, 15) is 10.1 Å². The maximum Gasteiger partial charge on any atom is 0.175 e. The van der Waals surface area contributed by atoms with Gasteiger partial charge in [-0.15, -0.1) is 0 Å². The lowest BCUT2D eigenvalue weighted by Crippen LogP contribution is -2.04. The van der Waals surface area contributed by atoms with Gasteiger partial charge in [-0.1, -0.05) is 29.3 Å². The third kappa shape index (κ3) is 2.43. The van der Waals surface area contributed by atoms with Gasteiger partial charge in [0, 0.05) is 10.0 Å². The van der Waals surface area contributed by atoms with Crippen molar-refractivity contribution in [3.05, 3.63) is 57.7 Å². The molecular weight excluding hydrogens is 363 g/mol. The summed E-state index contributed by atoms with van der Waals surface area (Å²) in [4.78, 5) is 19.6. The van der Waals surface area contributed by atoms with E-state index in [1.54, 1.807) is 22.9 Å². The lowest BCUT2D eigenvalue weighted by atomic mass is 10.2. The molecular formula is C16H8Cl2N6O. The first kappa shape index (κ1) is 15.6. The van der Waals surface area contributed by atoms with Crippen LogP contribution in [0.5, 0.6) is 0 Å². The average Bonchev–Trinajstić information content (AvgIpc) is 3.18. The molecule has 0 saturated heterocycles. The summed E-state index contributed by atoms with van der Waals surface area (Å²) in [5.74, 6) is 0. The van der Waals surface area contributed by atoms with Crippen molar-refractivity contribution in [3.63, 3.8) is 0 Å². The predicted octanol–water partition coefficient (Wildman–Crippen LogP) is 3.12. The lowest BCUT2D eigenvalue weighted by Gasteiger charge is -2.06. The molecule has 4 aromatic rings. The maximum absolute atomic E-state index is 11.1. The van der Waals surface area contributed by atoms with Crippen molar-refractivity contribution in [2.45, 2.75) is 6.54 Å². The molecule has 3 aromatic heterocycles. The average molecular weight is 371 g/mol. The zero-order valence-electron chi connectivity index (χ0n) is 12.5. The Hall–Kier alpha value is -2.95. The van der Waals surface area contributed by atoms with Gasteiger partial charge >= 0.3 is 0 Å². The predicted molar refractivity (Wildman–Crippen MR) is 91.9 cm³/mol. The van der Waals surface area contributed by atoms with Crippen molar-refractivity contribution in [3.8, 4) is 6.07 Å². The van der Waals surface area contributed by atoms with Gasteiger partial charge in [0.15, 0.2) is 23.3 Å². The highest BCUT2D eigenvalue weighted by atomic mass is 35.5. The number of halogens is 2. The van der Waals surface area contributed by atoms with E-state index < -0.39 is 0 Å². The molecule has 25 heavy (non-hydrogen) atoms. The molecule has 1 aromatic carbocycles. The zero-order chi connectivity index (χ0) is 17.6. The third-order valence-corrected chi connectivity index (χ3v) is 4.42. The van der Waals surface area contributed by atoms with Crippen LogP contribution in [-0.2, 0) is 6.54 Å². The van der Waals surface area contributed by atoms with Crippen molar-refractivity contribution in [1.29, 1.82) is 5.26 Å². The number of fused-ring (bicyclic) bond motifs is 3. The molecule has 0 spiro atoms. The third-order valence-electron chi connectivity index (χ3n) is 3.83. The molecule has 0 radical (unpaired) electrons. The van der Waals surface area contributed by atoms with Crippen molar-refractivity contribution in [2.75, 3.05) is 0 Å². The molecule has 0 N–H and O–H groups in total. The van der Waals surface area contributed by atoms with Gasteiger partial charge in [-0.25, -0.2) is 14.6 Å². The number of aldehydes is 1. The molecule has 0 aliphatic rings. The summed E-state index contributed by atoms with van der Waals surface area (Å²) in [7, 11) is 0. The standard InChI is InChI=1S/C16H8Cl2N6O/c17-10-2-1-9(12(18)3-10)6-24-16-14(13(4-19)22-24)15-20-5-11(7-25)23(15)8-21-16/h1-3,5,7-8H,6H2. The summed E-state index contributed by atoms with van der Waals surface area (Å²) in [6.07, 6.45) is 3.59. The van der Waals surface area contributed by atoms with Gasteiger partial charge in [-0.05, 0) is 17.7 Å². The first-order valence-corrected chi connectivity index (χ1v) is 7.89. The molecule has 0 atom stereocenters. The second-order valence-corrected chi connectivity index (χ2v) is 6.14. The minimum absolute atomic E-state index is 0.182. The smallest absolute Gasteiger partial charge is 0.175 e. The fourth-order valence-electron chi connectivity index (χ4n) is 2.67. The second-order valence-electron chi connectivity index (χ2n) is 5.29. The van der Waals surface area contributed by atoms with Crippen LogP contribution in [0.4, 0.5) is 0 Å². The van der Waals surface area contributed by atoms with Crippen LogP contribution in [0.15, 0.2) is 30.7 Å². The number of benzene rings is 1. The van der Waals surface area contributed by atoms with Crippen LogP contribution in [0.25, 0.3) is 16.7 Å². The van der Waals surface area contributed by atoms with Crippen LogP contribution in [-0.4, -0.2) is 30.4 Å². The van der Waals surface area contributed by atoms with E-state index in [4.69, 9.17) is 23.2 Å². The molecule has 0 amide bonds. The van der Waals surface area contributed by atoms with Gasteiger partial charge in [0.1, 0.15) is 23.5 Å². The van der Waals surface area contributed by atoms with E-state index in [1.165, 1.54) is 16.9 Å². The van der Waals surface area contributed by atoms with Gasteiger partial charge in [-0.2, -0.15) is 10.4 Å². The van der Waals surface area contributed by atoms with Gasteiger partial charge in [0.25, 0.3) is 0 Å². The van der Waals surface area contributed by atoms with Crippen molar-refractivity contribution >= 4 is 46.2 Å². The Labute approximate surface area is 151 Å². The Kier molecular flexibility index (Phi) is 3.64. The molecule has 0 unspecified atom stereocenters. The highest BCUT2D eigenvalue weighted by molar-refractivity contribution is 6.35. The molecule has 0 fully saturated rings. The summed E-state index contributed by atoms with van der Waals surface area (Å²) >= 11 is 12.1. The Bertz CT molecular complexity index is 1190. The molecule has 4 rings (SSSR count). The van der Waals surface area contributed by atoms with E-state index in [0.717, 1.165) is 5.56 Å². The molecule has 7 nitrogen and oxygen atoms in total. The van der Waals surface area contributed by atoms with E-state index in [2.05, 4.69) is 21.1 Å². The number of imidazole rings is 1. The van der Waals surface area contributed by atoms with Crippen molar-refractivity contribution in [2.24, 2.45) is 0 Å². The van der Waals surface area contributed by atoms with Gasteiger partial charge in [-0.3, -0.25) is 9.20 Å². The number of carbonyl (C=O) groups excluding carboxylic acids is 1. The largest absolute Gasteiger partial charge is 0.296 e. The summed E-state index contributed by atoms with van der Waals surface area (Å²) in [5, 5.41) is 15.3. The molecule has 3 heterocycles. The minimum Gasteiger partial charge on any atom is -0.296 e. The molecule has 0 bridgehead atoms. The number of carbonyl (C=O) groups is 1. The highest BCUT2D eigenvalue weighted by Gasteiger charge is 2.18. The highest BCUT2D eigenvalue weighted by Crippen LogP contribution is 2.25. The number of hydrogen-bond acceptors (Lipinski definition) is 5. The van der Waals surface area contributed by atoms with E-state index in [-0.39, 0.29) is 5.69 Å². The van der Waals surface area contributed by atoms with E-state index in [1.807, 2.05) is 0 Å². The Balaban J connectivity index is 1.93. The van der Waals surface area contributed by atoms with Gasteiger partial charge < -0.3 is 0 Å². The second kappa shape index (κ2) is 5.84.